The quantitative estimate of drug-likeness (QED) is 0.678. The van der Waals surface area contributed by atoms with Crippen molar-refractivity contribution < 1.29 is 4.74 Å². The van der Waals surface area contributed by atoms with E-state index in [1.807, 2.05) is 0 Å². The van der Waals surface area contributed by atoms with E-state index in [2.05, 4.69) is 19.2 Å². The SMILES string of the molecule is COCCNC1CCCC(C)(C)C1. The molecule has 1 atom stereocenters. The maximum absolute atomic E-state index is 5.02. The third kappa shape index (κ3) is 4.10. The van der Waals surface area contributed by atoms with Crippen molar-refractivity contribution in [2.75, 3.05) is 20.3 Å². The highest BCUT2D eigenvalue weighted by Gasteiger charge is 2.27. The molecule has 0 aromatic rings. The van der Waals surface area contributed by atoms with Crippen molar-refractivity contribution in [1.82, 2.24) is 5.32 Å². The molecule has 0 amide bonds. The predicted octanol–water partition coefficient (Wildman–Crippen LogP) is 2.19. The Kier molecular flexibility index (Phi) is 4.20. The minimum absolute atomic E-state index is 0.545. The maximum atomic E-state index is 5.02. The van der Waals surface area contributed by atoms with Crippen molar-refractivity contribution >= 4 is 0 Å². The Hall–Kier alpha value is -0.0800. The molecule has 1 rings (SSSR count). The molecule has 78 valence electrons. The summed E-state index contributed by atoms with van der Waals surface area (Å²) in [5.41, 5.74) is 0.545. The molecule has 1 N–H and O–H groups in total. The lowest BCUT2D eigenvalue weighted by Crippen LogP contribution is -2.38. The van der Waals surface area contributed by atoms with Crippen LogP contribution in [0, 0.1) is 5.41 Å². The number of hydrogen-bond acceptors (Lipinski definition) is 2. The van der Waals surface area contributed by atoms with Crippen molar-refractivity contribution in [1.29, 1.82) is 0 Å². The average molecular weight is 185 g/mol. The van der Waals surface area contributed by atoms with Crippen molar-refractivity contribution in [2.24, 2.45) is 5.41 Å². The second kappa shape index (κ2) is 4.97. The molecule has 2 nitrogen and oxygen atoms in total. The lowest BCUT2D eigenvalue weighted by molar-refractivity contribution is 0.168. The topological polar surface area (TPSA) is 21.3 Å². The maximum Gasteiger partial charge on any atom is 0.0587 e. The molecule has 0 aliphatic heterocycles. The van der Waals surface area contributed by atoms with Gasteiger partial charge < -0.3 is 10.1 Å². The van der Waals surface area contributed by atoms with Gasteiger partial charge in [0.2, 0.25) is 0 Å². The first-order valence-corrected chi connectivity index (χ1v) is 5.36. The molecule has 1 aliphatic rings. The van der Waals surface area contributed by atoms with E-state index in [1.54, 1.807) is 7.11 Å². The summed E-state index contributed by atoms with van der Waals surface area (Å²) < 4.78 is 5.02. The first kappa shape index (κ1) is 11.0. The molecule has 0 aromatic carbocycles. The minimum atomic E-state index is 0.545. The van der Waals surface area contributed by atoms with Crippen molar-refractivity contribution in [3.05, 3.63) is 0 Å². The van der Waals surface area contributed by atoms with Gasteiger partial charge in [-0.3, -0.25) is 0 Å². The Morgan fingerprint density at radius 1 is 1.46 bits per heavy atom. The largest absolute Gasteiger partial charge is 0.383 e. The van der Waals surface area contributed by atoms with Gasteiger partial charge in [-0.1, -0.05) is 20.3 Å². The van der Waals surface area contributed by atoms with E-state index in [0.29, 0.717) is 5.41 Å². The van der Waals surface area contributed by atoms with E-state index >= 15 is 0 Å². The summed E-state index contributed by atoms with van der Waals surface area (Å²) in [4.78, 5) is 0. The van der Waals surface area contributed by atoms with Crippen molar-refractivity contribution in [3.8, 4) is 0 Å². The molecule has 13 heavy (non-hydrogen) atoms. The Morgan fingerprint density at radius 3 is 2.85 bits per heavy atom. The Labute approximate surface area is 82.0 Å². The monoisotopic (exact) mass is 185 g/mol. The van der Waals surface area contributed by atoms with Crippen molar-refractivity contribution in [2.45, 2.75) is 45.6 Å². The van der Waals surface area contributed by atoms with Crippen LogP contribution in [0.3, 0.4) is 0 Å². The molecular weight excluding hydrogens is 162 g/mol. The van der Waals surface area contributed by atoms with Crippen LogP contribution in [-0.4, -0.2) is 26.3 Å². The summed E-state index contributed by atoms with van der Waals surface area (Å²) in [6, 6.07) is 0.721. The van der Waals surface area contributed by atoms with Crippen LogP contribution in [-0.2, 0) is 4.74 Å². The van der Waals surface area contributed by atoms with E-state index < -0.39 is 0 Å². The van der Waals surface area contributed by atoms with Gasteiger partial charge in [0, 0.05) is 19.7 Å². The van der Waals surface area contributed by atoms with E-state index in [4.69, 9.17) is 4.74 Å². The number of hydrogen-bond donors (Lipinski definition) is 1. The third-order valence-corrected chi connectivity index (χ3v) is 2.94. The Balaban J connectivity index is 2.19. The van der Waals surface area contributed by atoms with Crippen LogP contribution in [0.15, 0.2) is 0 Å². The molecule has 0 spiro atoms. The van der Waals surface area contributed by atoms with Crippen LogP contribution in [0.25, 0.3) is 0 Å². The highest BCUT2D eigenvalue weighted by molar-refractivity contribution is 4.83. The standard InChI is InChI=1S/C11H23NO/c1-11(2)6-4-5-10(9-11)12-7-8-13-3/h10,12H,4-9H2,1-3H3. The zero-order valence-electron chi connectivity index (χ0n) is 9.23. The van der Waals surface area contributed by atoms with Gasteiger partial charge in [0.15, 0.2) is 0 Å². The molecule has 2 heteroatoms. The fraction of sp³-hybridized carbons (Fsp3) is 1.00. The lowest BCUT2D eigenvalue weighted by atomic mass is 9.75. The average Bonchev–Trinajstić information content (AvgIpc) is 2.03. The van der Waals surface area contributed by atoms with E-state index in [9.17, 15) is 0 Å². The van der Waals surface area contributed by atoms with Crippen LogP contribution >= 0.6 is 0 Å². The van der Waals surface area contributed by atoms with Crippen LogP contribution in [0.4, 0.5) is 0 Å². The van der Waals surface area contributed by atoms with Gasteiger partial charge in [0.1, 0.15) is 0 Å². The zero-order chi connectivity index (χ0) is 9.73. The van der Waals surface area contributed by atoms with Gasteiger partial charge in [0.05, 0.1) is 6.61 Å². The van der Waals surface area contributed by atoms with Gasteiger partial charge in [0.25, 0.3) is 0 Å². The summed E-state index contributed by atoms with van der Waals surface area (Å²) in [5.74, 6) is 0. The van der Waals surface area contributed by atoms with Gasteiger partial charge in [-0.25, -0.2) is 0 Å². The molecule has 0 radical (unpaired) electrons. The normalized spacial score (nSPS) is 27.5. The molecule has 0 saturated heterocycles. The van der Waals surface area contributed by atoms with Crippen LogP contribution in [0.2, 0.25) is 0 Å². The summed E-state index contributed by atoms with van der Waals surface area (Å²) >= 11 is 0. The highest BCUT2D eigenvalue weighted by Crippen LogP contribution is 2.34. The Bertz CT molecular complexity index is 145. The highest BCUT2D eigenvalue weighted by atomic mass is 16.5. The number of nitrogens with one attached hydrogen (secondary N) is 1. The fourth-order valence-corrected chi connectivity index (χ4v) is 2.24. The molecule has 0 bridgehead atoms. The first-order chi connectivity index (χ1) is 6.14. The minimum Gasteiger partial charge on any atom is -0.383 e. The fourth-order valence-electron chi connectivity index (χ4n) is 2.24. The molecular formula is C11H23NO. The van der Waals surface area contributed by atoms with Gasteiger partial charge in [-0.2, -0.15) is 0 Å². The third-order valence-electron chi connectivity index (χ3n) is 2.94. The van der Waals surface area contributed by atoms with Gasteiger partial charge >= 0.3 is 0 Å². The van der Waals surface area contributed by atoms with Crippen LogP contribution in [0.5, 0.6) is 0 Å². The summed E-state index contributed by atoms with van der Waals surface area (Å²) in [6.45, 7) is 6.57. The van der Waals surface area contributed by atoms with Crippen molar-refractivity contribution in [3.63, 3.8) is 0 Å². The van der Waals surface area contributed by atoms with Crippen LogP contribution < -0.4 is 5.32 Å². The molecule has 1 fully saturated rings. The lowest BCUT2D eigenvalue weighted by Gasteiger charge is -2.35. The van der Waals surface area contributed by atoms with E-state index in [0.717, 1.165) is 19.2 Å². The first-order valence-electron chi connectivity index (χ1n) is 5.36. The second-order valence-corrected chi connectivity index (χ2v) is 4.90. The predicted molar refractivity (Wildman–Crippen MR) is 55.9 cm³/mol. The van der Waals surface area contributed by atoms with E-state index in [-0.39, 0.29) is 0 Å². The molecule has 1 unspecified atom stereocenters. The second-order valence-electron chi connectivity index (χ2n) is 4.90. The number of rotatable bonds is 4. The summed E-state index contributed by atoms with van der Waals surface area (Å²) in [6.07, 6.45) is 5.41. The number of ether oxygens (including phenoxy) is 1. The van der Waals surface area contributed by atoms with Crippen LogP contribution in [0.1, 0.15) is 39.5 Å². The molecule has 1 saturated carbocycles. The summed E-state index contributed by atoms with van der Waals surface area (Å²) in [7, 11) is 1.76. The molecule has 1 aliphatic carbocycles. The molecule has 0 aromatic heterocycles. The van der Waals surface area contributed by atoms with Gasteiger partial charge in [-0.15, -0.1) is 0 Å². The summed E-state index contributed by atoms with van der Waals surface area (Å²) in [5, 5.41) is 3.55. The zero-order valence-corrected chi connectivity index (χ0v) is 9.23. The Morgan fingerprint density at radius 2 is 2.23 bits per heavy atom. The van der Waals surface area contributed by atoms with E-state index in [1.165, 1.54) is 25.7 Å². The van der Waals surface area contributed by atoms with Gasteiger partial charge in [-0.05, 0) is 24.7 Å². The smallest absolute Gasteiger partial charge is 0.0587 e. The molecule has 0 heterocycles. The number of methoxy groups -OCH3 is 1.